The van der Waals surface area contributed by atoms with E-state index in [2.05, 4.69) is 44.5 Å². The van der Waals surface area contributed by atoms with Crippen LogP contribution in [-0.2, 0) is 17.6 Å². The highest BCUT2D eigenvalue weighted by Crippen LogP contribution is 2.41. The average molecular weight is 955 g/mol. The summed E-state index contributed by atoms with van der Waals surface area (Å²) >= 11 is 0. The van der Waals surface area contributed by atoms with Gasteiger partial charge in [0, 0.05) is 64.2 Å². The number of hydrogen-bond donors (Lipinski definition) is 1. The molecule has 9 rings (SSSR count). The van der Waals surface area contributed by atoms with Gasteiger partial charge in [-0.2, -0.15) is 18.3 Å². The molecule has 2 N–H and O–H groups in total. The van der Waals surface area contributed by atoms with E-state index in [0.29, 0.717) is 61.3 Å². The number of rotatable bonds is 15. The fourth-order valence-corrected chi connectivity index (χ4v) is 10.4. The van der Waals surface area contributed by atoms with Crippen molar-refractivity contribution in [2.45, 2.75) is 82.5 Å². The second-order valence-corrected chi connectivity index (χ2v) is 25.1. The SMILES string of the molecule is C[Si](C)(C)CCOCn1nc(-c2ccc(N3CC(N4CCC(CCN5CC[C@@H](n6c(=O)n(-c7ccc(Oc8ccccc8)cc7)c7c(N)ncnc76)[C@H](F)C5)CC4)C3)c(C(F)(F)F)c2)ccc1=O. The van der Waals surface area contributed by atoms with Crippen LogP contribution in [-0.4, -0.2) is 111 Å². The Morgan fingerprint density at radius 2 is 1.59 bits per heavy atom. The van der Waals surface area contributed by atoms with Gasteiger partial charge < -0.3 is 25.0 Å². The standard InChI is InChI=1S/C49H58F4N10O4Si/c1-68(2,3)26-25-66-32-61-44(64)16-14-41(57-61)34-9-15-42(39(27-34)49(51,52)53)60-28-36(29-60)59-23-18-33(19-24-59)17-21-58-22-20-43(40(50)30-58)63-47-45(46(54)55-31-56-47)62(48(63)65)35-10-12-38(13-11-35)67-37-7-5-4-6-8-37/h4-16,27,31,33,36,40,43H,17-26,28-30,32H2,1-3H3,(H2,54,55,56)/t40-,43-/m1/s1. The van der Waals surface area contributed by atoms with Crippen LogP contribution in [0.2, 0.25) is 25.7 Å². The summed E-state index contributed by atoms with van der Waals surface area (Å²) in [5.41, 5.74) is 6.61. The Morgan fingerprint density at radius 1 is 0.853 bits per heavy atom. The van der Waals surface area contributed by atoms with Crippen LogP contribution < -0.4 is 26.6 Å². The number of anilines is 2. The van der Waals surface area contributed by atoms with Crippen LogP contribution in [0.15, 0.2) is 101 Å². The summed E-state index contributed by atoms with van der Waals surface area (Å²) in [4.78, 5) is 41.5. The van der Waals surface area contributed by atoms with Gasteiger partial charge in [-0.25, -0.2) is 23.8 Å². The predicted octanol–water partition coefficient (Wildman–Crippen LogP) is 8.09. The van der Waals surface area contributed by atoms with Crippen LogP contribution in [0, 0.1) is 5.92 Å². The second-order valence-electron chi connectivity index (χ2n) is 19.5. The highest BCUT2D eigenvalue weighted by Gasteiger charge is 2.41. The first-order chi connectivity index (χ1) is 32.6. The van der Waals surface area contributed by atoms with Crippen molar-refractivity contribution in [1.29, 1.82) is 0 Å². The van der Waals surface area contributed by atoms with Crippen LogP contribution in [0.5, 0.6) is 11.5 Å². The van der Waals surface area contributed by atoms with Gasteiger partial charge in [0.05, 0.1) is 23.0 Å². The molecule has 0 saturated carbocycles. The van der Waals surface area contributed by atoms with Crippen molar-refractivity contribution in [3.8, 4) is 28.4 Å². The topological polar surface area (TPSA) is 142 Å². The highest BCUT2D eigenvalue weighted by atomic mass is 28.3. The molecule has 3 aliphatic rings. The summed E-state index contributed by atoms with van der Waals surface area (Å²) in [6.07, 6.45) is -1.36. The Bertz CT molecular complexity index is 2820. The third-order valence-electron chi connectivity index (χ3n) is 13.6. The van der Waals surface area contributed by atoms with Crippen LogP contribution in [0.25, 0.3) is 28.1 Å². The van der Waals surface area contributed by atoms with Crippen molar-refractivity contribution in [2.24, 2.45) is 5.92 Å². The quantitative estimate of drug-likeness (QED) is 0.0607. The molecule has 14 nitrogen and oxygen atoms in total. The Hall–Kier alpha value is -5.89. The number of ether oxygens (including phenoxy) is 2. The third kappa shape index (κ3) is 10.4. The molecule has 0 amide bonds. The van der Waals surface area contributed by atoms with Crippen molar-refractivity contribution in [3.05, 3.63) is 118 Å². The van der Waals surface area contributed by atoms with E-state index < -0.39 is 37.7 Å². The summed E-state index contributed by atoms with van der Waals surface area (Å²) in [6, 6.07) is 23.7. The number of aromatic nitrogens is 6. The molecule has 6 aromatic rings. The van der Waals surface area contributed by atoms with Crippen LogP contribution in [0.1, 0.15) is 37.3 Å². The zero-order valence-electron chi connectivity index (χ0n) is 38.6. The van der Waals surface area contributed by atoms with Crippen molar-refractivity contribution in [2.75, 3.05) is 63.1 Å². The first-order valence-electron chi connectivity index (χ1n) is 23.4. The van der Waals surface area contributed by atoms with Gasteiger partial charge in [0.25, 0.3) is 5.56 Å². The molecule has 0 unspecified atom stereocenters. The molecule has 3 fully saturated rings. The molecule has 0 spiro atoms. The average Bonchev–Trinajstić information content (AvgIpc) is 3.59. The number of hydrogen-bond acceptors (Lipinski definition) is 11. The molecule has 0 bridgehead atoms. The van der Waals surface area contributed by atoms with Gasteiger partial charge >= 0.3 is 11.9 Å². The molecule has 360 valence electrons. The van der Waals surface area contributed by atoms with E-state index in [1.807, 2.05) is 30.3 Å². The van der Waals surface area contributed by atoms with Gasteiger partial charge in [0.15, 0.2) is 11.5 Å². The number of alkyl halides is 4. The van der Waals surface area contributed by atoms with Crippen LogP contribution in [0.4, 0.5) is 29.1 Å². The van der Waals surface area contributed by atoms with E-state index in [4.69, 9.17) is 15.2 Å². The van der Waals surface area contributed by atoms with E-state index in [9.17, 15) is 22.8 Å². The van der Waals surface area contributed by atoms with Gasteiger partial charge in [-0.1, -0.05) is 43.9 Å². The molecule has 68 heavy (non-hydrogen) atoms. The van der Waals surface area contributed by atoms with Crippen LogP contribution >= 0.6 is 0 Å². The molecule has 3 saturated heterocycles. The van der Waals surface area contributed by atoms with E-state index in [0.717, 1.165) is 55.7 Å². The summed E-state index contributed by atoms with van der Waals surface area (Å²) in [7, 11) is -1.34. The fourth-order valence-electron chi connectivity index (χ4n) is 9.62. The van der Waals surface area contributed by atoms with Gasteiger partial charge in [0.2, 0.25) is 0 Å². The maximum absolute atomic E-state index is 16.3. The fraction of sp³-hybridized carbons (Fsp3) is 0.449. The largest absolute Gasteiger partial charge is 0.457 e. The zero-order chi connectivity index (χ0) is 47.7. The monoisotopic (exact) mass is 954 g/mol. The van der Waals surface area contributed by atoms with E-state index in [-0.39, 0.29) is 53.3 Å². The third-order valence-corrected chi connectivity index (χ3v) is 15.3. The number of nitrogens with two attached hydrogens (primary N) is 1. The Balaban J connectivity index is 0.768. The van der Waals surface area contributed by atoms with E-state index >= 15 is 4.39 Å². The number of benzene rings is 3. The van der Waals surface area contributed by atoms with Gasteiger partial charge in [-0.05, 0) is 112 Å². The molecule has 0 radical (unpaired) electrons. The summed E-state index contributed by atoms with van der Waals surface area (Å²) in [5.74, 6) is 1.84. The van der Waals surface area contributed by atoms with Crippen LogP contribution in [0.3, 0.4) is 0 Å². The van der Waals surface area contributed by atoms with Crippen molar-refractivity contribution >= 4 is 30.7 Å². The van der Waals surface area contributed by atoms with Gasteiger partial charge in [0.1, 0.15) is 36.2 Å². The number of nitrogen functional groups attached to an aromatic ring is 1. The molecule has 3 aromatic heterocycles. The normalized spacial score (nSPS) is 19.1. The minimum Gasteiger partial charge on any atom is -0.457 e. The predicted molar refractivity (Wildman–Crippen MR) is 257 cm³/mol. The van der Waals surface area contributed by atoms with Crippen molar-refractivity contribution in [3.63, 3.8) is 0 Å². The maximum Gasteiger partial charge on any atom is 0.418 e. The molecule has 19 heteroatoms. The lowest BCUT2D eigenvalue weighted by molar-refractivity contribution is -0.137. The summed E-state index contributed by atoms with van der Waals surface area (Å²) in [6.45, 7) is 11.3. The summed E-state index contributed by atoms with van der Waals surface area (Å²) < 4.78 is 75.6. The molecule has 6 heterocycles. The number of imidazole rings is 1. The van der Waals surface area contributed by atoms with E-state index in [1.54, 1.807) is 35.2 Å². The summed E-state index contributed by atoms with van der Waals surface area (Å²) in [5, 5.41) is 4.34. The molecule has 3 aromatic carbocycles. The number of nitrogens with zero attached hydrogens (tertiary/aromatic N) is 9. The Morgan fingerprint density at radius 3 is 2.29 bits per heavy atom. The molecule has 3 aliphatic heterocycles. The number of likely N-dealkylation sites (tertiary alicyclic amines) is 2. The highest BCUT2D eigenvalue weighted by molar-refractivity contribution is 6.76. The number of para-hydroxylation sites is 1. The molecule has 2 atom stereocenters. The Kier molecular flexibility index (Phi) is 13.6. The van der Waals surface area contributed by atoms with Gasteiger partial charge in [-0.3, -0.25) is 18.8 Å². The lowest BCUT2D eigenvalue weighted by atomic mass is 9.90. The van der Waals surface area contributed by atoms with Crippen molar-refractivity contribution in [1.82, 2.24) is 38.7 Å². The number of fused-ring (bicyclic) bond motifs is 1. The van der Waals surface area contributed by atoms with Crippen molar-refractivity contribution < 1.29 is 27.0 Å². The zero-order valence-corrected chi connectivity index (χ0v) is 39.6. The maximum atomic E-state index is 16.3. The molecular formula is C49H58F4N10O4Si. The second kappa shape index (κ2) is 19.6. The first kappa shape index (κ1) is 47.2. The molecule has 0 aliphatic carbocycles. The lowest BCUT2D eigenvalue weighted by Crippen LogP contribution is -2.61. The smallest absolute Gasteiger partial charge is 0.418 e. The lowest BCUT2D eigenvalue weighted by Gasteiger charge is -2.49. The molecular weight excluding hydrogens is 897 g/mol. The Labute approximate surface area is 392 Å². The minimum atomic E-state index is -4.59. The number of piperidine rings is 2. The minimum absolute atomic E-state index is 0.0659. The first-order valence-corrected chi connectivity index (χ1v) is 27.1. The van der Waals surface area contributed by atoms with Gasteiger partial charge in [-0.15, -0.1) is 0 Å². The van der Waals surface area contributed by atoms with E-state index in [1.165, 1.54) is 33.7 Å². The number of halogens is 4.